The second kappa shape index (κ2) is 6.75. The highest BCUT2D eigenvalue weighted by Gasteiger charge is 2.28. The van der Waals surface area contributed by atoms with E-state index in [9.17, 15) is 13.6 Å². The maximum absolute atomic E-state index is 12.3. The Morgan fingerprint density at radius 2 is 2.38 bits per heavy atom. The Hall–Kier alpha value is -0.750. The van der Waals surface area contributed by atoms with Crippen molar-refractivity contribution in [2.75, 3.05) is 39.9 Å². The van der Waals surface area contributed by atoms with E-state index in [2.05, 4.69) is 5.32 Å². The van der Waals surface area contributed by atoms with Gasteiger partial charge in [-0.05, 0) is 13.0 Å². The minimum absolute atomic E-state index is 0.157. The largest absolute Gasteiger partial charge is 0.383 e. The van der Waals surface area contributed by atoms with Crippen LogP contribution in [0.2, 0.25) is 0 Å². The number of alkyl halides is 2. The summed E-state index contributed by atoms with van der Waals surface area (Å²) in [4.78, 5) is 13.1. The summed E-state index contributed by atoms with van der Waals surface area (Å²) in [5.74, 6) is -0.349. The van der Waals surface area contributed by atoms with Crippen molar-refractivity contribution in [1.82, 2.24) is 10.2 Å². The lowest BCUT2D eigenvalue weighted by Crippen LogP contribution is -2.41. The van der Waals surface area contributed by atoms with Crippen LogP contribution < -0.4 is 5.32 Å². The molecule has 1 rings (SSSR count). The van der Waals surface area contributed by atoms with E-state index < -0.39 is 13.0 Å². The standard InChI is InChI=1S/C10H18F2N2O2/c1-16-5-4-14(7-9(11)12)10(15)8-2-3-13-6-8/h8-9,13H,2-7H2,1H3. The summed E-state index contributed by atoms with van der Waals surface area (Å²) < 4.78 is 29.4. The van der Waals surface area contributed by atoms with E-state index in [1.54, 1.807) is 0 Å². The molecule has 0 aromatic carbocycles. The van der Waals surface area contributed by atoms with E-state index in [0.29, 0.717) is 13.2 Å². The average Bonchev–Trinajstić information content (AvgIpc) is 2.76. The lowest BCUT2D eigenvalue weighted by atomic mass is 10.1. The van der Waals surface area contributed by atoms with Gasteiger partial charge in [0.25, 0.3) is 6.43 Å². The lowest BCUT2D eigenvalue weighted by molar-refractivity contribution is -0.137. The molecule has 6 heteroatoms. The number of hydrogen-bond donors (Lipinski definition) is 1. The van der Waals surface area contributed by atoms with E-state index in [4.69, 9.17) is 4.74 Å². The summed E-state index contributed by atoms with van der Waals surface area (Å²) in [6, 6.07) is 0. The molecule has 1 saturated heterocycles. The highest BCUT2D eigenvalue weighted by atomic mass is 19.3. The molecule has 1 fully saturated rings. The van der Waals surface area contributed by atoms with Crippen LogP contribution in [0.1, 0.15) is 6.42 Å². The molecule has 0 aliphatic carbocycles. The number of rotatable bonds is 6. The van der Waals surface area contributed by atoms with Crippen molar-refractivity contribution in [2.45, 2.75) is 12.8 Å². The van der Waals surface area contributed by atoms with Crippen LogP contribution >= 0.6 is 0 Å². The number of nitrogens with zero attached hydrogens (tertiary/aromatic N) is 1. The summed E-state index contributed by atoms with van der Waals surface area (Å²) in [6.07, 6.45) is -1.76. The van der Waals surface area contributed by atoms with Crippen molar-refractivity contribution in [1.29, 1.82) is 0 Å². The monoisotopic (exact) mass is 236 g/mol. The topological polar surface area (TPSA) is 41.6 Å². The molecule has 1 amide bonds. The Morgan fingerprint density at radius 3 is 2.88 bits per heavy atom. The fraction of sp³-hybridized carbons (Fsp3) is 0.900. The maximum Gasteiger partial charge on any atom is 0.255 e. The molecule has 1 heterocycles. The summed E-state index contributed by atoms with van der Waals surface area (Å²) in [5.41, 5.74) is 0. The molecule has 0 spiro atoms. The van der Waals surface area contributed by atoms with Crippen LogP contribution in [0, 0.1) is 5.92 Å². The molecule has 1 aliphatic rings. The number of nitrogens with one attached hydrogen (secondary N) is 1. The van der Waals surface area contributed by atoms with Crippen molar-refractivity contribution in [3.8, 4) is 0 Å². The Morgan fingerprint density at radius 1 is 1.62 bits per heavy atom. The predicted molar refractivity (Wildman–Crippen MR) is 55.4 cm³/mol. The highest BCUT2D eigenvalue weighted by Crippen LogP contribution is 2.12. The third-order valence-corrected chi connectivity index (χ3v) is 2.64. The van der Waals surface area contributed by atoms with Crippen molar-refractivity contribution < 1.29 is 18.3 Å². The molecule has 0 bridgehead atoms. The van der Waals surface area contributed by atoms with Crippen LogP contribution in [-0.2, 0) is 9.53 Å². The molecule has 94 valence electrons. The van der Waals surface area contributed by atoms with Crippen molar-refractivity contribution in [2.24, 2.45) is 5.92 Å². The van der Waals surface area contributed by atoms with Crippen LogP contribution in [0.25, 0.3) is 0 Å². The Balaban J connectivity index is 2.48. The van der Waals surface area contributed by atoms with Crippen molar-refractivity contribution in [3.63, 3.8) is 0 Å². The molecular formula is C10H18F2N2O2. The predicted octanol–water partition coefficient (Wildman–Crippen LogP) is 0.336. The zero-order chi connectivity index (χ0) is 12.0. The Labute approximate surface area is 93.9 Å². The molecule has 1 unspecified atom stereocenters. The van der Waals surface area contributed by atoms with Crippen LogP contribution in [0.15, 0.2) is 0 Å². The number of methoxy groups -OCH3 is 1. The van der Waals surface area contributed by atoms with Crippen LogP contribution in [0.5, 0.6) is 0 Å². The van der Waals surface area contributed by atoms with Gasteiger partial charge in [0.2, 0.25) is 5.91 Å². The van der Waals surface area contributed by atoms with E-state index in [0.717, 1.165) is 13.0 Å². The number of carbonyl (C=O) groups is 1. The second-order valence-electron chi connectivity index (χ2n) is 3.86. The molecule has 0 aromatic rings. The van der Waals surface area contributed by atoms with E-state index in [-0.39, 0.29) is 18.4 Å². The Kier molecular flexibility index (Phi) is 5.62. The third kappa shape index (κ3) is 4.02. The van der Waals surface area contributed by atoms with Gasteiger partial charge in [0.05, 0.1) is 19.1 Å². The van der Waals surface area contributed by atoms with Crippen molar-refractivity contribution >= 4 is 5.91 Å². The smallest absolute Gasteiger partial charge is 0.255 e. The van der Waals surface area contributed by atoms with E-state index in [1.807, 2.05) is 0 Å². The fourth-order valence-corrected chi connectivity index (χ4v) is 1.78. The van der Waals surface area contributed by atoms with Gasteiger partial charge in [0.15, 0.2) is 0 Å². The minimum Gasteiger partial charge on any atom is -0.383 e. The van der Waals surface area contributed by atoms with Gasteiger partial charge in [-0.25, -0.2) is 8.78 Å². The second-order valence-corrected chi connectivity index (χ2v) is 3.86. The molecular weight excluding hydrogens is 218 g/mol. The average molecular weight is 236 g/mol. The highest BCUT2D eigenvalue weighted by molar-refractivity contribution is 5.79. The number of ether oxygens (including phenoxy) is 1. The van der Waals surface area contributed by atoms with Gasteiger partial charge in [-0.2, -0.15) is 0 Å². The SMILES string of the molecule is COCCN(CC(F)F)C(=O)C1CCNC1. The van der Waals surface area contributed by atoms with Crippen LogP contribution in [-0.4, -0.2) is 57.1 Å². The molecule has 1 atom stereocenters. The quantitative estimate of drug-likeness (QED) is 0.723. The van der Waals surface area contributed by atoms with Gasteiger partial charge in [-0.15, -0.1) is 0 Å². The van der Waals surface area contributed by atoms with Crippen molar-refractivity contribution in [3.05, 3.63) is 0 Å². The Bertz CT molecular complexity index is 221. The molecule has 1 aliphatic heterocycles. The molecule has 0 radical (unpaired) electrons. The zero-order valence-corrected chi connectivity index (χ0v) is 9.42. The first kappa shape index (κ1) is 13.3. The van der Waals surface area contributed by atoms with Crippen LogP contribution in [0.4, 0.5) is 8.78 Å². The van der Waals surface area contributed by atoms with Crippen LogP contribution in [0.3, 0.4) is 0 Å². The van der Waals surface area contributed by atoms with Gasteiger partial charge < -0.3 is 15.0 Å². The molecule has 16 heavy (non-hydrogen) atoms. The third-order valence-electron chi connectivity index (χ3n) is 2.64. The summed E-state index contributed by atoms with van der Waals surface area (Å²) in [6.45, 7) is 1.39. The first-order valence-electron chi connectivity index (χ1n) is 5.41. The molecule has 0 saturated carbocycles. The summed E-state index contributed by atoms with van der Waals surface area (Å²) in [7, 11) is 1.49. The summed E-state index contributed by atoms with van der Waals surface area (Å²) in [5, 5.41) is 3.05. The van der Waals surface area contributed by atoms with Gasteiger partial charge in [-0.1, -0.05) is 0 Å². The number of hydrogen-bond acceptors (Lipinski definition) is 3. The van der Waals surface area contributed by atoms with Gasteiger partial charge in [-0.3, -0.25) is 4.79 Å². The number of carbonyl (C=O) groups excluding carboxylic acids is 1. The van der Waals surface area contributed by atoms with Gasteiger partial charge >= 0.3 is 0 Å². The fourth-order valence-electron chi connectivity index (χ4n) is 1.78. The van der Waals surface area contributed by atoms with Gasteiger partial charge in [0.1, 0.15) is 0 Å². The molecule has 1 N–H and O–H groups in total. The summed E-state index contributed by atoms with van der Waals surface area (Å²) >= 11 is 0. The molecule has 4 nitrogen and oxygen atoms in total. The first-order valence-corrected chi connectivity index (χ1v) is 5.41. The first-order chi connectivity index (χ1) is 7.65. The normalized spacial score (nSPS) is 20.4. The van der Waals surface area contributed by atoms with E-state index in [1.165, 1.54) is 12.0 Å². The van der Waals surface area contributed by atoms with Gasteiger partial charge in [0, 0.05) is 20.2 Å². The lowest BCUT2D eigenvalue weighted by Gasteiger charge is -2.24. The van der Waals surface area contributed by atoms with E-state index >= 15 is 0 Å². The zero-order valence-electron chi connectivity index (χ0n) is 9.42. The minimum atomic E-state index is -2.49. The maximum atomic E-state index is 12.3. The molecule has 0 aromatic heterocycles. The number of amides is 1. The number of halogens is 2.